The van der Waals surface area contributed by atoms with Gasteiger partial charge in [0.15, 0.2) is 0 Å². The third-order valence-electron chi connectivity index (χ3n) is 2.70. The first-order valence-corrected chi connectivity index (χ1v) is 5.40. The van der Waals surface area contributed by atoms with Gasteiger partial charge >= 0.3 is 5.97 Å². The van der Waals surface area contributed by atoms with Crippen LogP contribution >= 0.6 is 0 Å². The molecule has 1 fully saturated rings. The Morgan fingerprint density at radius 2 is 1.86 bits per heavy atom. The van der Waals surface area contributed by atoms with Crippen molar-refractivity contribution < 1.29 is 9.90 Å². The highest BCUT2D eigenvalue weighted by Crippen LogP contribution is 2.26. The monoisotopic (exact) mass is 199 g/mol. The van der Waals surface area contributed by atoms with E-state index in [1.807, 2.05) is 0 Å². The van der Waals surface area contributed by atoms with E-state index in [0.717, 1.165) is 25.7 Å². The molecule has 0 bridgehead atoms. The van der Waals surface area contributed by atoms with Crippen molar-refractivity contribution in [1.29, 1.82) is 0 Å². The van der Waals surface area contributed by atoms with Crippen molar-refractivity contribution in [2.24, 2.45) is 5.92 Å². The van der Waals surface area contributed by atoms with Crippen molar-refractivity contribution >= 4 is 5.97 Å². The summed E-state index contributed by atoms with van der Waals surface area (Å²) in [6.45, 7) is 6.25. The van der Waals surface area contributed by atoms with Gasteiger partial charge in [-0.1, -0.05) is 12.8 Å². The Bertz CT molecular complexity index is 208. The summed E-state index contributed by atoms with van der Waals surface area (Å²) in [5.74, 6) is -0.838. The number of carboxylic acids is 1. The molecule has 0 aromatic heterocycles. The van der Waals surface area contributed by atoms with Crippen LogP contribution in [0.5, 0.6) is 0 Å². The van der Waals surface area contributed by atoms with Crippen LogP contribution in [-0.2, 0) is 4.79 Å². The molecule has 3 nitrogen and oxygen atoms in total. The van der Waals surface area contributed by atoms with Gasteiger partial charge in [-0.2, -0.15) is 0 Å². The summed E-state index contributed by atoms with van der Waals surface area (Å²) in [7, 11) is 0. The van der Waals surface area contributed by atoms with E-state index in [2.05, 4.69) is 26.1 Å². The molecule has 3 heteroatoms. The molecule has 1 saturated carbocycles. The summed E-state index contributed by atoms with van der Waals surface area (Å²) >= 11 is 0. The Morgan fingerprint density at radius 3 is 2.36 bits per heavy atom. The molecule has 0 amide bonds. The van der Waals surface area contributed by atoms with E-state index in [1.165, 1.54) is 0 Å². The van der Waals surface area contributed by atoms with Gasteiger partial charge in [0.25, 0.3) is 0 Å². The fraction of sp³-hybridized carbons (Fsp3) is 0.909. The molecule has 0 heterocycles. The van der Waals surface area contributed by atoms with Crippen LogP contribution in [0.3, 0.4) is 0 Å². The smallest absolute Gasteiger partial charge is 0.308 e. The van der Waals surface area contributed by atoms with Crippen LogP contribution in [-0.4, -0.2) is 22.7 Å². The summed E-state index contributed by atoms with van der Waals surface area (Å²) < 4.78 is 0. The lowest BCUT2D eigenvalue weighted by atomic mass is 9.83. The van der Waals surface area contributed by atoms with Gasteiger partial charge in [0.05, 0.1) is 5.92 Å². The van der Waals surface area contributed by atoms with Crippen molar-refractivity contribution in [3.63, 3.8) is 0 Å². The maximum Gasteiger partial charge on any atom is 0.308 e. The first-order chi connectivity index (χ1) is 6.40. The summed E-state index contributed by atoms with van der Waals surface area (Å²) in [4.78, 5) is 11.0. The maximum atomic E-state index is 11.0. The number of hydrogen-bond acceptors (Lipinski definition) is 2. The van der Waals surface area contributed by atoms with Gasteiger partial charge < -0.3 is 10.4 Å². The maximum absolute atomic E-state index is 11.0. The van der Waals surface area contributed by atoms with Crippen molar-refractivity contribution in [3.8, 4) is 0 Å². The standard InChI is InChI=1S/C11H21NO2/c1-11(2,3)12-9-7-5-4-6-8(9)10(13)14/h8-9,12H,4-7H2,1-3H3,(H,13,14)/t8-,9+/m1/s1. The van der Waals surface area contributed by atoms with Gasteiger partial charge in [0, 0.05) is 11.6 Å². The average molecular weight is 199 g/mol. The van der Waals surface area contributed by atoms with E-state index in [1.54, 1.807) is 0 Å². The Morgan fingerprint density at radius 1 is 1.29 bits per heavy atom. The Balaban J connectivity index is 2.59. The summed E-state index contributed by atoms with van der Waals surface area (Å²) in [6.07, 6.45) is 4.02. The number of aliphatic carboxylic acids is 1. The van der Waals surface area contributed by atoms with Gasteiger partial charge in [-0.15, -0.1) is 0 Å². The lowest BCUT2D eigenvalue weighted by Gasteiger charge is -2.35. The van der Waals surface area contributed by atoms with Gasteiger partial charge in [-0.05, 0) is 33.6 Å². The van der Waals surface area contributed by atoms with Crippen LogP contribution in [0.15, 0.2) is 0 Å². The van der Waals surface area contributed by atoms with Crippen molar-refractivity contribution in [1.82, 2.24) is 5.32 Å². The molecule has 2 N–H and O–H groups in total. The average Bonchev–Trinajstić information content (AvgIpc) is 2.01. The highest BCUT2D eigenvalue weighted by Gasteiger charge is 2.32. The predicted molar refractivity (Wildman–Crippen MR) is 56.3 cm³/mol. The lowest BCUT2D eigenvalue weighted by Crippen LogP contribution is -2.50. The molecule has 1 aliphatic carbocycles. The largest absolute Gasteiger partial charge is 0.481 e. The minimum absolute atomic E-state index is 0.00963. The van der Waals surface area contributed by atoms with E-state index >= 15 is 0 Å². The fourth-order valence-corrected chi connectivity index (χ4v) is 2.16. The zero-order chi connectivity index (χ0) is 10.8. The molecule has 0 unspecified atom stereocenters. The van der Waals surface area contributed by atoms with Gasteiger partial charge in [-0.25, -0.2) is 0 Å². The molecule has 1 aliphatic rings. The second-order valence-corrected chi connectivity index (χ2v) is 5.23. The van der Waals surface area contributed by atoms with Crippen molar-refractivity contribution in [3.05, 3.63) is 0 Å². The highest BCUT2D eigenvalue weighted by atomic mass is 16.4. The zero-order valence-electron chi connectivity index (χ0n) is 9.34. The molecule has 82 valence electrons. The Kier molecular flexibility index (Phi) is 3.53. The molecule has 0 spiro atoms. The SMILES string of the molecule is CC(C)(C)N[C@H]1CCCC[C@H]1C(=O)O. The molecule has 0 radical (unpaired) electrons. The number of carboxylic acid groups (broad SMARTS) is 1. The minimum atomic E-state index is -0.647. The fourth-order valence-electron chi connectivity index (χ4n) is 2.16. The normalized spacial score (nSPS) is 28.8. The predicted octanol–water partition coefficient (Wildman–Crippen LogP) is 2.02. The number of hydrogen-bond donors (Lipinski definition) is 2. The van der Waals surface area contributed by atoms with Crippen LogP contribution in [0, 0.1) is 5.92 Å². The van der Waals surface area contributed by atoms with Crippen molar-refractivity contribution in [2.75, 3.05) is 0 Å². The van der Waals surface area contributed by atoms with Gasteiger partial charge in [-0.3, -0.25) is 4.79 Å². The number of rotatable bonds is 2. The molecule has 0 aromatic carbocycles. The molecule has 1 rings (SSSR count). The van der Waals surface area contributed by atoms with Crippen molar-refractivity contribution in [2.45, 2.75) is 58.0 Å². The summed E-state index contributed by atoms with van der Waals surface area (Å²) in [5.41, 5.74) is 0.00963. The van der Waals surface area contributed by atoms with Crippen LogP contribution < -0.4 is 5.32 Å². The number of nitrogens with one attached hydrogen (secondary N) is 1. The van der Waals surface area contributed by atoms with Crippen LogP contribution in [0.1, 0.15) is 46.5 Å². The van der Waals surface area contributed by atoms with Crippen LogP contribution in [0.4, 0.5) is 0 Å². The molecular formula is C11H21NO2. The zero-order valence-corrected chi connectivity index (χ0v) is 9.34. The van der Waals surface area contributed by atoms with Gasteiger partial charge in [0.2, 0.25) is 0 Å². The summed E-state index contributed by atoms with van der Waals surface area (Å²) in [6, 6.07) is 0.154. The molecule has 2 atom stereocenters. The Hall–Kier alpha value is -0.570. The molecule has 14 heavy (non-hydrogen) atoms. The van der Waals surface area contributed by atoms with Crippen LogP contribution in [0.25, 0.3) is 0 Å². The topological polar surface area (TPSA) is 49.3 Å². The van der Waals surface area contributed by atoms with Gasteiger partial charge in [0.1, 0.15) is 0 Å². The second-order valence-electron chi connectivity index (χ2n) is 5.23. The Labute approximate surface area is 85.9 Å². The van der Waals surface area contributed by atoms with E-state index in [4.69, 9.17) is 5.11 Å². The van der Waals surface area contributed by atoms with E-state index < -0.39 is 5.97 Å². The molecular weight excluding hydrogens is 178 g/mol. The first-order valence-electron chi connectivity index (χ1n) is 5.40. The highest BCUT2D eigenvalue weighted by molar-refractivity contribution is 5.71. The van der Waals surface area contributed by atoms with E-state index in [9.17, 15) is 4.79 Å². The van der Waals surface area contributed by atoms with Crippen LogP contribution in [0.2, 0.25) is 0 Å². The lowest BCUT2D eigenvalue weighted by molar-refractivity contribution is -0.144. The third-order valence-corrected chi connectivity index (χ3v) is 2.70. The number of carbonyl (C=O) groups is 1. The molecule has 0 aromatic rings. The molecule has 0 saturated heterocycles. The van der Waals surface area contributed by atoms with E-state index in [0.29, 0.717) is 0 Å². The van der Waals surface area contributed by atoms with E-state index in [-0.39, 0.29) is 17.5 Å². The molecule has 0 aliphatic heterocycles. The quantitative estimate of drug-likeness (QED) is 0.715. The second kappa shape index (κ2) is 4.30. The third kappa shape index (κ3) is 3.29. The minimum Gasteiger partial charge on any atom is -0.481 e. The summed E-state index contributed by atoms with van der Waals surface area (Å²) in [5, 5.41) is 12.5. The first kappa shape index (κ1) is 11.5.